The summed E-state index contributed by atoms with van der Waals surface area (Å²) in [5.74, 6) is 0.791. The lowest BCUT2D eigenvalue weighted by atomic mass is 9.93. The van der Waals surface area contributed by atoms with Gasteiger partial charge in [-0.3, -0.25) is 14.5 Å². The number of hydrogen-bond acceptors (Lipinski definition) is 7. The molecule has 2 aliphatic heterocycles. The predicted octanol–water partition coefficient (Wildman–Crippen LogP) is 7.30. The molecular formula is C35H34N6O4S. The molecule has 1 fully saturated rings. The molecular weight excluding hydrogens is 600 g/mol. The van der Waals surface area contributed by atoms with Gasteiger partial charge in [0.2, 0.25) is 0 Å². The summed E-state index contributed by atoms with van der Waals surface area (Å²) < 4.78 is 5.98. The van der Waals surface area contributed by atoms with Crippen molar-refractivity contribution in [3.63, 3.8) is 0 Å². The van der Waals surface area contributed by atoms with Crippen LogP contribution in [0.3, 0.4) is 0 Å². The van der Waals surface area contributed by atoms with Crippen molar-refractivity contribution in [1.82, 2.24) is 15.2 Å². The average molecular weight is 635 g/mol. The van der Waals surface area contributed by atoms with E-state index in [4.69, 9.17) is 4.74 Å². The third-order valence-electron chi connectivity index (χ3n) is 7.89. The van der Waals surface area contributed by atoms with E-state index in [0.717, 1.165) is 11.3 Å². The van der Waals surface area contributed by atoms with Crippen molar-refractivity contribution in [2.24, 2.45) is 5.41 Å². The maximum atomic E-state index is 13.6. The van der Waals surface area contributed by atoms with Gasteiger partial charge in [-0.15, -0.1) is 11.3 Å². The zero-order chi connectivity index (χ0) is 32.6. The predicted molar refractivity (Wildman–Crippen MR) is 179 cm³/mol. The second-order valence-corrected chi connectivity index (χ2v) is 13.5. The van der Waals surface area contributed by atoms with E-state index in [9.17, 15) is 19.6 Å². The second-order valence-electron chi connectivity index (χ2n) is 12.5. The minimum Gasteiger partial charge on any atom is -0.457 e. The Labute approximate surface area is 271 Å². The number of allylic oxidation sites excluding steroid dienone is 1. The molecule has 0 radical (unpaired) electrons. The van der Waals surface area contributed by atoms with E-state index in [1.165, 1.54) is 11.3 Å². The van der Waals surface area contributed by atoms with E-state index in [-0.39, 0.29) is 34.9 Å². The number of likely N-dealkylation sites (tertiary alicyclic amines) is 1. The van der Waals surface area contributed by atoms with Crippen molar-refractivity contribution < 1.29 is 19.1 Å². The summed E-state index contributed by atoms with van der Waals surface area (Å²) in [6.07, 6.45) is 4.45. The number of piperidine rings is 1. The van der Waals surface area contributed by atoms with E-state index in [2.05, 4.69) is 15.6 Å². The summed E-state index contributed by atoms with van der Waals surface area (Å²) in [7, 11) is 0. The fraction of sp³-hybridized carbons (Fsp3) is 0.286. The highest BCUT2D eigenvalue weighted by Crippen LogP contribution is 2.46. The highest BCUT2D eigenvalue weighted by molar-refractivity contribution is 7.21. The van der Waals surface area contributed by atoms with Crippen LogP contribution in [0.25, 0.3) is 10.2 Å². The number of hydrogen-bond donors (Lipinski definition) is 2. The number of ether oxygens (including phenoxy) is 1. The first kappa shape index (κ1) is 30.8. The van der Waals surface area contributed by atoms with Gasteiger partial charge in [-0.2, -0.15) is 5.26 Å². The zero-order valence-electron chi connectivity index (χ0n) is 26.1. The third kappa shape index (κ3) is 6.17. The highest BCUT2D eigenvalue weighted by atomic mass is 32.1. The Balaban J connectivity index is 1.19. The van der Waals surface area contributed by atoms with Crippen LogP contribution < -0.4 is 20.3 Å². The maximum absolute atomic E-state index is 13.6. The Morgan fingerprint density at radius 1 is 1.09 bits per heavy atom. The first-order valence-corrected chi connectivity index (χ1v) is 15.9. The molecule has 46 heavy (non-hydrogen) atoms. The number of thiophene rings is 1. The minimum atomic E-state index is -0.379. The Hall–Kier alpha value is -5.21. The SMILES string of the molecule is Cc1cc(Oc2ccccc2)ccc1N1C(=O)Nc2c(C(=O)NC3CCN(C(=O)/C(C#N)=C/C(C)(C)C)CC3)sc3nccc1c23. The number of nitrogens with one attached hydrogen (secondary N) is 2. The van der Waals surface area contributed by atoms with Crippen LogP contribution in [0.4, 0.5) is 21.9 Å². The Bertz CT molecular complexity index is 1910. The van der Waals surface area contributed by atoms with E-state index >= 15 is 0 Å². The molecule has 2 N–H and O–H groups in total. The topological polar surface area (TPSA) is 128 Å². The van der Waals surface area contributed by atoms with Gasteiger partial charge in [0.15, 0.2) is 0 Å². The number of para-hydroxylation sites is 1. The first-order valence-electron chi connectivity index (χ1n) is 15.1. The van der Waals surface area contributed by atoms with Crippen molar-refractivity contribution in [1.29, 1.82) is 5.26 Å². The summed E-state index contributed by atoms with van der Waals surface area (Å²) in [5, 5.41) is 16.3. The highest BCUT2D eigenvalue weighted by Gasteiger charge is 2.34. The minimum absolute atomic E-state index is 0.138. The molecule has 4 amide bonds. The van der Waals surface area contributed by atoms with Crippen LogP contribution in [-0.2, 0) is 4.79 Å². The Morgan fingerprint density at radius 3 is 2.50 bits per heavy atom. The summed E-state index contributed by atoms with van der Waals surface area (Å²) in [6, 6.07) is 18.3. The van der Waals surface area contributed by atoms with Crippen molar-refractivity contribution in [3.8, 4) is 17.6 Å². The number of anilines is 3. The number of pyridine rings is 1. The van der Waals surface area contributed by atoms with Crippen molar-refractivity contribution in [2.75, 3.05) is 23.3 Å². The molecule has 2 aromatic carbocycles. The van der Waals surface area contributed by atoms with Gasteiger partial charge in [0, 0.05) is 25.3 Å². The number of nitrogens with zero attached hydrogens (tertiary/aromatic N) is 4. The molecule has 6 rings (SSSR count). The number of rotatable bonds is 6. The van der Waals surface area contributed by atoms with Crippen LogP contribution in [0.1, 0.15) is 48.8 Å². The molecule has 1 saturated heterocycles. The van der Waals surface area contributed by atoms with E-state index in [1.807, 2.05) is 82.3 Å². The molecule has 4 aromatic rings. The Kier molecular flexibility index (Phi) is 8.23. The number of carbonyl (C=O) groups excluding carboxylic acids is 3. The molecule has 4 heterocycles. The molecule has 0 spiro atoms. The van der Waals surface area contributed by atoms with Crippen molar-refractivity contribution in [3.05, 3.63) is 82.9 Å². The van der Waals surface area contributed by atoms with Gasteiger partial charge in [0.25, 0.3) is 11.8 Å². The van der Waals surface area contributed by atoms with Gasteiger partial charge in [0.1, 0.15) is 32.8 Å². The molecule has 2 aromatic heterocycles. The lowest BCUT2D eigenvalue weighted by Gasteiger charge is -2.32. The summed E-state index contributed by atoms with van der Waals surface area (Å²) in [5.41, 5.74) is 2.46. The van der Waals surface area contributed by atoms with Gasteiger partial charge in [0.05, 0.1) is 22.4 Å². The number of carbonyl (C=O) groups is 3. The number of urea groups is 1. The number of aryl methyl sites for hydroxylation is 1. The first-order chi connectivity index (χ1) is 22.0. The van der Waals surface area contributed by atoms with Crippen LogP contribution in [0.2, 0.25) is 0 Å². The maximum Gasteiger partial charge on any atom is 0.331 e. The van der Waals surface area contributed by atoms with Gasteiger partial charge < -0.3 is 20.3 Å². The van der Waals surface area contributed by atoms with Gasteiger partial charge in [-0.25, -0.2) is 9.78 Å². The zero-order valence-corrected chi connectivity index (χ0v) is 26.9. The Morgan fingerprint density at radius 2 is 1.83 bits per heavy atom. The largest absolute Gasteiger partial charge is 0.457 e. The molecule has 0 aliphatic carbocycles. The molecule has 0 atom stereocenters. The molecule has 0 unspecified atom stereocenters. The quantitative estimate of drug-likeness (QED) is 0.169. The monoisotopic (exact) mass is 634 g/mol. The lowest BCUT2D eigenvalue weighted by molar-refractivity contribution is -0.127. The standard InChI is InChI=1S/C35H34N6O4S/c1-21-18-25(45-24-8-6-5-7-9-24)10-11-26(21)41-27-12-15-37-32-28(27)29(39-34(41)44)30(46-32)31(42)38-23-13-16-40(17-14-23)33(43)22(20-36)19-35(2,3)4/h5-12,15,18-19,23H,13-14,16-17H2,1-4H3,(H,38,42)(H,39,44)/b22-19+. The molecule has 0 saturated carbocycles. The summed E-state index contributed by atoms with van der Waals surface area (Å²) in [4.78, 5) is 49.0. The third-order valence-corrected chi connectivity index (χ3v) is 8.98. The van der Waals surface area contributed by atoms with E-state index < -0.39 is 0 Å². The van der Waals surface area contributed by atoms with Crippen LogP contribution in [0.15, 0.2) is 72.4 Å². The molecule has 2 aliphatic rings. The fourth-order valence-electron chi connectivity index (χ4n) is 5.77. The number of amides is 4. The molecule has 11 heteroatoms. The van der Waals surface area contributed by atoms with Gasteiger partial charge >= 0.3 is 6.03 Å². The van der Waals surface area contributed by atoms with E-state index in [0.29, 0.717) is 63.8 Å². The normalized spacial score (nSPS) is 15.4. The molecule has 0 bridgehead atoms. The smallest absolute Gasteiger partial charge is 0.331 e. The average Bonchev–Trinajstić information content (AvgIpc) is 3.40. The van der Waals surface area contributed by atoms with Crippen LogP contribution in [0.5, 0.6) is 11.5 Å². The molecule has 10 nitrogen and oxygen atoms in total. The van der Waals surface area contributed by atoms with Crippen LogP contribution in [0, 0.1) is 23.7 Å². The van der Waals surface area contributed by atoms with E-state index in [1.54, 1.807) is 28.1 Å². The van der Waals surface area contributed by atoms with Crippen LogP contribution in [-0.4, -0.2) is 46.9 Å². The van der Waals surface area contributed by atoms with Crippen LogP contribution >= 0.6 is 11.3 Å². The second kappa shape index (κ2) is 12.3. The number of benzene rings is 2. The number of aromatic nitrogens is 1. The van der Waals surface area contributed by atoms with Gasteiger partial charge in [-0.05, 0) is 67.1 Å². The fourth-order valence-corrected chi connectivity index (χ4v) is 6.80. The summed E-state index contributed by atoms with van der Waals surface area (Å²) >= 11 is 1.23. The van der Waals surface area contributed by atoms with Gasteiger partial charge in [-0.1, -0.05) is 45.0 Å². The summed E-state index contributed by atoms with van der Waals surface area (Å²) in [6.45, 7) is 8.61. The van der Waals surface area contributed by atoms with Crippen molar-refractivity contribution in [2.45, 2.75) is 46.6 Å². The number of nitriles is 1. The lowest BCUT2D eigenvalue weighted by Crippen LogP contribution is -2.47. The van der Waals surface area contributed by atoms with Crippen molar-refractivity contribution >= 4 is 56.5 Å². The molecule has 234 valence electrons.